The van der Waals surface area contributed by atoms with E-state index in [1.807, 2.05) is 12.1 Å². The summed E-state index contributed by atoms with van der Waals surface area (Å²) in [6.45, 7) is 2.96. The fourth-order valence-corrected chi connectivity index (χ4v) is 5.82. The minimum atomic E-state index is 0.113. The Bertz CT molecular complexity index is 1940. The Hall–Kier alpha value is -4.94. The van der Waals surface area contributed by atoms with Gasteiger partial charge in [0.25, 0.3) is 0 Å². The summed E-state index contributed by atoms with van der Waals surface area (Å²) in [5, 5.41) is 0. The Balaban J connectivity index is 1.20. The van der Waals surface area contributed by atoms with Crippen LogP contribution in [0, 0.1) is 12.7 Å². The van der Waals surface area contributed by atoms with Gasteiger partial charge in [0.1, 0.15) is 0 Å². The van der Waals surface area contributed by atoms with Crippen LogP contribution in [0.15, 0.2) is 121 Å². The van der Waals surface area contributed by atoms with Gasteiger partial charge < -0.3 is 29.7 Å². The number of nitrogens with zero attached hydrogens (tertiary/aromatic N) is 4. The maximum Gasteiger partial charge on any atom is 0.205 e. The number of allylic oxidation sites excluding steroid dienone is 2. The molecule has 4 aromatic carbocycles. The van der Waals surface area contributed by atoms with Gasteiger partial charge in [-0.2, -0.15) is 0 Å². The first-order valence-corrected chi connectivity index (χ1v) is 14.5. The second-order valence-electron chi connectivity index (χ2n) is 11.1. The molecule has 0 saturated carbocycles. The molecule has 4 N–H and O–H groups in total. The smallest absolute Gasteiger partial charge is 0.205 e. The summed E-state index contributed by atoms with van der Waals surface area (Å²) in [5.41, 5.74) is 22.4. The van der Waals surface area contributed by atoms with Gasteiger partial charge in [0.05, 0.1) is 26.2 Å². The van der Waals surface area contributed by atoms with E-state index in [0.717, 1.165) is 49.3 Å². The molecule has 1 aliphatic rings. The van der Waals surface area contributed by atoms with Crippen LogP contribution in [0.5, 0.6) is 0 Å². The Labute approximate surface area is 246 Å². The summed E-state index contributed by atoms with van der Waals surface area (Å²) in [5.74, 6) is 0. The number of hydrogen-bond acceptors (Lipinski definition) is 2. The average Bonchev–Trinajstić information content (AvgIpc) is 3.54. The van der Waals surface area contributed by atoms with Crippen LogP contribution in [0.25, 0.3) is 22.1 Å². The van der Waals surface area contributed by atoms with Gasteiger partial charge >= 0.3 is 0 Å². The molecule has 0 amide bonds. The van der Waals surface area contributed by atoms with Crippen molar-refractivity contribution >= 4 is 27.8 Å². The molecule has 0 saturated heterocycles. The Morgan fingerprint density at radius 3 is 1.81 bits per heavy atom. The number of imidazole rings is 2. The highest BCUT2D eigenvalue weighted by Crippen LogP contribution is 2.20. The third-order valence-corrected chi connectivity index (χ3v) is 8.06. The van der Waals surface area contributed by atoms with E-state index >= 15 is 0 Å². The van der Waals surface area contributed by atoms with Crippen LogP contribution in [-0.2, 0) is 26.2 Å². The summed E-state index contributed by atoms with van der Waals surface area (Å²) in [6, 6.07) is 33.9. The molecule has 0 aliphatic heterocycles. The van der Waals surface area contributed by atoms with Gasteiger partial charge in [-0.15, -0.1) is 0 Å². The molecule has 1 atom stereocenters. The highest BCUT2D eigenvalue weighted by atomic mass is 15.1. The van der Waals surface area contributed by atoms with E-state index in [-0.39, 0.29) is 6.04 Å². The quantitative estimate of drug-likeness (QED) is 0.164. The van der Waals surface area contributed by atoms with Crippen molar-refractivity contribution in [3.05, 3.63) is 150 Å². The van der Waals surface area contributed by atoms with Crippen molar-refractivity contribution in [3.63, 3.8) is 0 Å². The molecule has 1 aliphatic carbocycles. The van der Waals surface area contributed by atoms with Crippen molar-refractivity contribution in [1.82, 2.24) is 9.13 Å². The molecule has 1 unspecified atom stereocenters. The van der Waals surface area contributed by atoms with Crippen LogP contribution in [-0.4, -0.2) is 15.2 Å². The van der Waals surface area contributed by atoms with E-state index < -0.39 is 0 Å². The molecule has 0 spiro atoms. The molecule has 6 nitrogen and oxygen atoms in total. The van der Waals surface area contributed by atoms with Crippen LogP contribution in [0.1, 0.15) is 23.1 Å². The number of anilines is 1. The first-order valence-electron chi connectivity index (χ1n) is 14.5. The van der Waals surface area contributed by atoms with Crippen LogP contribution in [0.4, 0.5) is 5.69 Å². The summed E-state index contributed by atoms with van der Waals surface area (Å²) in [7, 11) is 0. The minimum absolute atomic E-state index is 0.113. The fourth-order valence-electron chi connectivity index (χ4n) is 5.82. The number of fused-ring (bicyclic) bond motifs is 2. The van der Waals surface area contributed by atoms with Crippen molar-refractivity contribution in [2.75, 3.05) is 5.73 Å². The first-order chi connectivity index (χ1) is 20.6. The second kappa shape index (κ2) is 11.1. The summed E-state index contributed by atoms with van der Waals surface area (Å²) >= 11 is 0. The van der Waals surface area contributed by atoms with Crippen LogP contribution in [0.2, 0.25) is 0 Å². The standard InChI is InChI=1S/C36H34N6/c37-31-17-13-27(14-18-31)21-39-25-41(35-11-5-3-9-33(35)39)23-29-7-1-2-8-30(29)24-42-26-40(34-10-4-6-12-36(34)42)22-28-15-19-32(38)20-16-28/h1-19,32H,20-24,37-38H2. The maximum atomic E-state index is 6.05. The monoisotopic (exact) mass is 550 g/mol. The summed E-state index contributed by atoms with van der Waals surface area (Å²) in [4.78, 5) is 0. The van der Waals surface area contributed by atoms with E-state index in [9.17, 15) is 0 Å². The van der Waals surface area contributed by atoms with E-state index in [1.54, 1.807) is 0 Å². The number of hydrogen-bond donors (Lipinski definition) is 2. The number of aromatic nitrogens is 4. The van der Waals surface area contributed by atoms with E-state index in [0.29, 0.717) is 0 Å². The highest BCUT2D eigenvalue weighted by molar-refractivity contribution is 5.72. The van der Waals surface area contributed by atoms with Crippen molar-refractivity contribution in [2.45, 2.75) is 38.6 Å². The molecule has 0 bridgehead atoms. The topological polar surface area (TPSA) is 69.7 Å². The molecule has 208 valence electrons. The zero-order chi connectivity index (χ0) is 28.5. The molecule has 7 rings (SSSR count). The van der Waals surface area contributed by atoms with Crippen molar-refractivity contribution < 1.29 is 9.13 Å². The third kappa shape index (κ3) is 5.24. The van der Waals surface area contributed by atoms with Crippen LogP contribution < -0.4 is 20.6 Å². The van der Waals surface area contributed by atoms with Crippen LogP contribution in [0.3, 0.4) is 0 Å². The zero-order valence-corrected chi connectivity index (χ0v) is 23.5. The molecule has 2 heterocycles. The number of benzene rings is 4. The molecule has 2 aromatic heterocycles. The highest BCUT2D eigenvalue weighted by Gasteiger charge is 2.14. The number of nitrogens with two attached hydrogens (primary N) is 2. The molecule has 6 heteroatoms. The Morgan fingerprint density at radius 1 is 0.690 bits per heavy atom. The Morgan fingerprint density at radius 2 is 1.24 bits per heavy atom. The molecule has 42 heavy (non-hydrogen) atoms. The number of para-hydroxylation sites is 4. The van der Waals surface area contributed by atoms with Gasteiger partial charge in [0, 0.05) is 33.8 Å². The van der Waals surface area contributed by atoms with Gasteiger partial charge in [0.15, 0.2) is 0 Å². The second-order valence-corrected chi connectivity index (χ2v) is 11.1. The number of rotatable bonds is 8. The third-order valence-electron chi connectivity index (χ3n) is 8.06. The Kier molecular flexibility index (Phi) is 6.90. The lowest BCUT2D eigenvalue weighted by molar-refractivity contribution is -0.667. The van der Waals surface area contributed by atoms with Gasteiger partial charge in [-0.3, -0.25) is 0 Å². The average molecular weight is 551 g/mol. The minimum Gasteiger partial charge on any atom is -0.399 e. The molecule has 0 radical (unpaired) electrons. The van der Waals surface area contributed by atoms with Crippen molar-refractivity contribution in [2.24, 2.45) is 5.73 Å². The van der Waals surface area contributed by atoms with E-state index in [1.165, 1.54) is 33.3 Å². The zero-order valence-electron chi connectivity index (χ0n) is 23.5. The SMILES string of the molecule is Nc1ccc(C[n+]2[c-]n(Cc3ccccc3Cn3[c-][n+](CC4=CCC(N)C=C4)c4ccccc43)c3ccccc32)cc1. The normalized spacial score (nSPS) is 15.0. The van der Waals surface area contributed by atoms with E-state index in [2.05, 4.69) is 134 Å². The van der Waals surface area contributed by atoms with Gasteiger partial charge in [0.2, 0.25) is 12.7 Å². The first kappa shape index (κ1) is 26.0. The predicted molar refractivity (Wildman–Crippen MR) is 166 cm³/mol. The fraction of sp³-hybridized carbons (Fsp3) is 0.167. The number of nitrogen functional groups attached to an aromatic ring is 1. The molecular weight excluding hydrogens is 516 g/mol. The van der Waals surface area contributed by atoms with Gasteiger partial charge in [-0.1, -0.05) is 103 Å². The lowest BCUT2D eigenvalue weighted by Gasteiger charge is -2.12. The van der Waals surface area contributed by atoms with Gasteiger partial charge in [-0.05, 0) is 40.8 Å². The van der Waals surface area contributed by atoms with Crippen molar-refractivity contribution in [3.8, 4) is 0 Å². The van der Waals surface area contributed by atoms with Crippen LogP contribution >= 0.6 is 0 Å². The summed E-state index contributed by atoms with van der Waals surface area (Å²) in [6.07, 6.45) is 14.6. The molecule has 6 aromatic rings. The largest absolute Gasteiger partial charge is 0.399 e. The maximum absolute atomic E-state index is 6.05. The molecular formula is C36H34N6. The van der Waals surface area contributed by atoms with Crippen molar-refractivity contribution in [1.29, 1.82) is 0 Å². The molecule has 0 fully saturated rings. The lowest BCUT2D eigenvalue weighted by atomic mass is 10.0. The van der Waals surface area contributed by atoms with E-state index in [4.69, 9.17) is 11.5 Å². The lowest BCUT2D eigenvalue weighted by Crippen LogP contribution is -2.34. The van der Waals surface area contributed by atoms with Gasteiger partial charge in [-0.25, -0.2) is 0 Å². The predicted octanol–water partition coefficient (Wildman–Crippen LogP) is 4.71. The summed E-state index contributed by atoms with van der Waals surface area (Å²) < 4.78 is 8.89.